The largest absolute Gasteiger partial charge is 0.479 e. The Morgan fingerprint density at radius 3 is 2.88 bits per heavy atom. The Bertz CT molecular complexity index is 775. The molecule has 2 heterocycles. The zero-order chi connectivity index (χ0) is 18.6. The molecule has 1 fully saturated rings. The third-order valence-electron chi connectivity index (χ3n) is 4.44. The lowest BCUT2D eigenvalue weighted by molar-refractivity contribution is -0.143. The first-order valence-electron chi connectivity index (χ1n) is 8.63. The highest BCUT2D eigenvalue weighted by Gasteiger charge is 2.39. The molecule has 0 bridgehead atoms. The van der Waals surface area contributed by atoms with Crippen LogP contribution in [0.3, 0.4) is 0 Å². The van der Waals surface area contributed by atoms with E-state index in [-0.39, 0.29) is 11.9 Å². The Labute approximate surface area is 152 Å². The number of terminal acetylenes is 1. The van der Waals surface area contributed by atoms with Gasteiger partial charge in [0.25, 0.3) is 0 Å². The van der Waals surface area contributed by atoms with Gasteiger partial charge in [-0.2, -0.15) is 10.2 Å². The fourth-order valence-corrected chi connectivity index (χ4v) is 2.79. The number of carbonyl (C=O) groups excluding carboxylic acids is 2. The van der Waals surface area contributed by atoms with Crippen LogP contribution in [0.4, 0.5) is 5.69 Å². The molecule has 0 radical (unpaired) electrons. The monoisotopic (exact) mass is 355 g/mol. The molecule has 1 amide bonds. The van der Waals surface area contributed by atoms with Crippen LogP contribution in [0.2, 0.25) is 0 Å². The minimum Gasteiger partial charge on any atom is -0.479 e. The Morgan fingerprint density at radius 2 is 2.27 bits per heavy atom. The van der Waals surface area contributed by atoms with E-state index in [4.69, 9.17) is 15.9 Å². The maximum Gasteiger partial charge on any atom is 0.347 e. The van der Waals surface area contributed by atoms with Gasteiger partial charge >= 0.3 is 5.97 Å². The molecule has 1 saturated heterocycles. The maximum atomic E-state index is 12.2. The summed E-state index contributed by atoms with van der Waals surface area (Å²) in [6.07, 6.45) is 7.42. The van der Waals surface area contributed by atoms with Gasteiger partial charge in [-0.25, -0.2) is 4.79 Å². The summed E-state index contributed by atoms with van der Waals surface area (Å²) in [5, 5.41) is 10.9. The molecular weight excluding hydrogens is 334 g/mol. The van der Waals surface area contributed by atoms with E-state index in [1.807, 2.05) is 6.92 Å². The van der Waals surface area contributed by atoms with E-state index in [9.17, 15) is 9.59 Å². The van der Waals surface area contributed by atoms with Gasteiger partial charge in [0.05, 0.1) is 6.61 Å². The van der Waals surface area contributed by atoms with E-state index in [1.165, 1.54) is 0 Å². The molecule has 7 nitrogen and oxygen atoms in total. The number of carbonyl (C=O) groups is 2. The number of benzene rings is 1. The highest BCUT2D eigenvalue weighted by molar-refractivity contribution is 5.91. The average Bonchev–Trinajstić information content (AvgIpc) is 3.29. The van der Waals surface area contributed by atoms with Crippen molar-refractivity contribution in [2.45, 2.75) is 50.8 Å². The molecule has 0 saturated carbocycles. The molecule has 7 heteroatoms. The van der Waals surface area contributed by atoms with Crippen molar-refractivity contribution in [1.82, 2.24) is 0 Å². The van der Waals surface area contributed by atoms with Crippen LogP contribution in [0.5, 0.6) is 5.75 Å². The van der Waals surface area contributed by atoms with Gasteiger partial charge < -0.3 is 14.8 Å². The molecule has 1 atom stereocenters. The minimum atomic E-state index is -0.555. The van der Waals surface area contributed by atoms with Gasteiger partial charge in [0.1, 0.15) is 5.75 Å². The van der Waals surface area contributed by atoms with Crippen LogP contribution in [-0.4, -0.2) is 30.3 Å². The number of ether oxygens (including phenoxy) is 2. The average molecular weight is 355 g/mol. The van der Waals surface area contributed by atoms with Crippen LogP contribution < -0.4 is 10.1 Å². The first-order valence-corrected chi connectivity index (χ1v) is 8.63. The third-order valence-corrected chi connectivity index (χ3v) is 4.44. The number of amides is 1. The summed E-state index contributed by atoms with van der Waals surface area (Å²) in [7, 11) is 0. The van der Waals surface area contributed by atoms with Crippen LogP contribution in [0, 0.1) is 19.3 Å². The second kappa shape index (κ2) is 7.56. The molecular formula is C19H21N3O4. The second-order valence-electron chi connectivity index (χ2n) is 6.47. The standard InChI is InChI=1S/C19H21N3O4/c1-3-4-9-19(21-22-19)10-7-17(23)20-15-6-5-14(12-13(15)2)26-16-8-11-25-18(16)24/h1,5-6,12,16H,4,7-11H2,2H3,(H,20,23). The Kier molecular flexibility index (Phi) is 5.21. The number of anilines is 1. The Balaban J connectivity index is 1.50. The van der Waals surface area contributed by atoms with Crippen LogP contribution >= 0.6 is 0 Å². The minimum absolute atomic E-state index is 0.0986. The molecule has 1 N–H and O–H groups in total. The molecule has 2 aliphatic rings. The lowest BCUT2D eigenvalue weighted by atomic mass is 10.0. The predicted molar refractivity (Wildman–Crippen MR) is 94.7 cm³/mol. The number of aryl methyl sites for hydroxylation is 1. The van der Waals surface area contributed by atoms with Crippen molar-refractivity contribution in [3.63, 3.8) is 0 Å². The van der Waals surface area contributed by atoms with Crippen molar-refractivity contribution in [1.29, 1.82) is 0 Å². The summed E-state index contributed by atoms with van der Waals surface area (Å²) >= 11 is 0. The van der Waals surface area contributed by atoms with E-state index < -0.39 is 11.8 Å². The smallest absolute Gasteiger partial charge is 0.347 e. The summed E-state index contributed by atoms with van der Waals surface area (Å²) in [6, 6.07) is 5.29. The molecule has 1 unspecified atom stereocenters. The normalized spacial score (nSPS) is 19.5. The third kappa shape index (κ3) is 4.39. The molecule has 26 heavy (non-hydrogen) atoms. The summed E-state index contributed by atoms with van der Waals surface area (Å²) in [6.45, 7) is 2.26. The number of cyclic esters (lactones) is 1. The van der Waals surface area contributed by atoms with Gasteiger partial charge in [0, 0.05) is 37.8 Å². The number of hydrogen-bond acceptors (Lipinski definition) is 6. The SMILES string of the molecule is C#CCCC1(CCC(=O)Nc2ccc(OC3CCOC3=O)cc2C)N=N1. The zero-order valence-electron chi connectivity index (χ0n) is 14.7. The van der Waals surface area contributed by atoms with Crippen molar-refractivity contribution in [3.8, 4) is 18.1 Å². The van der Waals surface area contributed by atoms with Gasteiger partial charge in [-0.1, -0.05) is 0 Å². The predicted octanol–water partition coefficient (Wildman–Crippen LogP) is 2.98. The number of esters is 1. The van der Waals surface area contributed by atoms with E-state index in [0.29, 0.717) is 50.1 Å². The fourth-order valence-electron chi connectivity index (χ4n) is 2.79. The highest BCUT2D eigenvalue weighted by atomic mass is 16.6. The Morgan fingerprint density at radius 1 is 1.46 bits per heavy atom. The quantitative estimate of drug-likeness (QED) is 0.573. The molecule has 0 spiro atoms. The van der Waals surface area contributed by atoms with E-state index >= 15 is 0 Å². The molecule has 1 aromatic carbocycles. The van der Waals surface area contributed by atoms with Crippen molar-refractivity contribution in [3.05, 3.63) is 23.8 Å². The summed E-state index contributed by atoms with van der Waals surface area (Å²) in [4.78, 5) is 23.7. The highest BCUT2D eigenvalue weighted by Crippen LogP contribution is 2.37. The second-order valence-corrected chi connectivity index (χ2v) is 6.47. The van der Waals surface area contributed by atoms with E-state index in [1.54, 1.807) is 18.2 Å². The van der Waals surface area contributed by atoms with Gasteiger partial charge in [0.2, 0.25) is 5.91 Å². The zero-order valence-corrected chi connectivity index (χ0v) is 14.7. The number of nitrogens with zero attached hydrogens (tertiary/aromatic N) is 2. The van der Waals surface area contributed by atoms with E-state index in [2.05, 4.69) is 21.5 Å². The van der Waals surface area contributed by atoms with Crippen molar-refractivity contribution >= 4 is 17.6 Å². The maximum absolute atomic E-state index is 12.2. The molecule has 2 aliphatic heterocycles. The van der Waals surface area contributed by atoms with Crippen LogP contribution in [0.1, 0.15) is 37.7 Å². The summed E-state index contributed by atoms with van der Waals surface area (Å²) in [5.74, 6) is 2.71. The van der Waals surface area contributed by atoms with Crippen LogP contribution in [0.15, 0.2) is 28.4 Å². The fraction of sp³-hybridized carbons (Fsp3) is 0.474. The summed E-state index contributed by atoms with van der Waals surface area (Å²) in [5.41, 5.74) is 1.11. The number of hydrogen-bond donors (Lipinski definition) is 1. The van der Waals surface area contributed by atoms with Crippen molar-refractivity contribution in [2.24, 2.45) is 10.2 Å². The lowest BCUT2D eigenvalue weighted by Gasteiger charge is -2.14. The first kappa shape index (κ1) is 17.9. The van der Waals surface area contributed by atoms with Gasteiger partial charge in [0.15, 0.2) is 11.8 Å². The van der Waals surface area contributed by atoms with Crippen molar-refractivity contribution < 1.29 is 19.1 Å². The van der Waals surface area contributed by atoms with Crippen LogP contribution in [-0.2, 0) is 14.3 Å². The first-order chi connectivity index (χ1) is 12.5. The topological polar surface area (TPSA) is 89.3 Å². The van der Waals surface area contributed by atoms with Gasteiger partial charge in [-0.3, -0.25) is 4.79 Å². The van der Waals surface area contributed by atoms with Gasteiger partial charge in [-0.15, -0.1) is 12.3 Å². The van der Waals surface area contributed by atoms with Crippen molar-refractivity contribution in [2.75, 3.05) is 11.9 Å². The lowest BCUT2D eigenvalue weighted by Crippen LogP contribution is -2.21. The van der Waals surface area contributed by atoms with Crippen LogP contribution in [0.25, 0.3) is 0 Å². The summed E-state index contributed by atoms with van der Waals surface area (Å²) < 4.78 is 10.5. The van der Waals surface area contributed by atoms with Gasteiger partial charge in [-0.05, 0) is 30.7 Å². The molecule has 136 valence electrons. The number of nitrogens with one attached hydrogen (secondary N) is 1. The Hall–Kier alpha value is -2.88. The van der Waals surface area contributed by atoms with E-state index in [0.717, 1.165) is 5.56 Å². The molecule has 0 aromatic heterocycles. The molecule has 1 aromatic rings. The molecule has 0 aliphatic carbocycles. The molecule has 3 rings (SSSR count). The number of rotatable bonds is 8.